The van der Waals surface area contributed by atoms with Crippen molar-refractivity contribution in [2.75, 3.05) is 37.7 Å². The zero-order chi connectivity index (χ0) is 21.9. The molecule has 32 heavy (non-hydrogen) atoms. The van der Waals surface area contributed by atoms with E-state index in [0.717, 1.165) is 16.9 Å². The van der Waals surface area contributed by atoms with Crippen LogP contribution < -0.4 is 9.64 Å². The van der Waals surface area contributed by atoms with Crippen molar-refractivity contribution in [3.63, 3.8) is 0 Å². The molecule has 1 fully saturated rings. The SMILES string of the molecule is O=C(COc1ccccc1)N1CCN(c2ncnc3c2cnn3-c2cccc(Cl)c2)CC1. The van der Waals surface area contributed by atoms with Crippen LogP contribution in [0.3, 0.4) is 0 Å². The predicted octanol–water partition coefficient (Wildman–Crippen LogP) is 3.20. The summed E-state index contributed by atoms with van der Waals surface area (Å²) in [6.45, 7) is 2.58. The van der Waals surface area contributed by atoms with Crippen LogP contribution in [0.5, 0.6) is 5.75 Å². The van der Waals surface area contributed by atoms with Gasteiger partial charge in [0, 0.05) is 31.2 Å². The average molecular weight is 449 g/mol. The van der Waals surface area contributed by atoms with Gasteiger partial charge in [0.2, 0.25) is 0 Å². The normalized spacial score (nSPS) is 14.0. The topological polar surface area (TPSA) is 76.4 Å². The summed E-state index contributed by atoms with van der Waals surface area (Å²) in [5.74, 6) is 1.49. The molecule has 0 radical (unpaired) electrons. The maximum atomic E-state index is 12.5. The Balaban J connectivity index is 1.27. The van der Waals surface area contributed by atoms with Crippen LogP contribution in [0.4, 0.5) is 5.82 Å². The molecule has 3 heterocycles. The number of fused-ring (bicyclic) bond motifs is 1. The Morgan fingerprint density at radius 2 is 1.81 bits per heavy atom. The van der Waals surface area contributed by atoms with Crippen molar-refractivity contribution in [3.05, 3.63) is 72.1 Å². The van der Waals surface area contributed by atoms with E-state index in [1.807, 2.05) is 59.5 Å². The maximum absolute atomic E-state index is 12.5. The lowest BCUT2D eigenvalue weighted by molar-refractivity contribution is -0.133. The van der Waals surface area contributed by atoms with Crippen LogP contribution in [0.2, 0.25) is 5.02 Å². The summed E-state index contributed by atoms with van der Waals surface area (Å²) in [5, 5.41) is 6.00. The molecule has 8 nitrogen and oxygen atoms in total. The molecule has 1 aliphatic heterocycles. The quantitative estimate of drug-likeness (QED) is 0.466. The van der Waals surface area contributed by atoms with Crippen molar-refractivity contribution in [3.8, 4) is 11.4 Å². The molecule has 162 valence electrons. The third-order valence-electron chi connectivity index (χ3n) is 5.43. The monoisotopic (exact) mass is 448 g/mol. The molecule has 4 aromatic rings. The van der Waals surface area contributed by atoms with Crippen LogP contribution in [0.1, 0.15) is 0 Å². The summed E-state index contributed by atoms with van der Waals surface area (Å²) in [5.41, 5.74) is 1.55. The lowest BCUT2D eigenvalue weighted by Crippen LogP contribution is -2.50. The van der Waals surface area contributed by atoms with Crippen LogP contribution in [-0.4, -0.2) is 63.3 Å². The number of carbonyl (C=O) groups excluding carboxylic acids is 1. The molecular weight excluding hydrogens is 428 g/mol. The number of rotatable bonds is 5. The van der Waals surface area contributed by atoms with Crippen molar-refractivity contribution in [1.82, 2.24) is 24.6 Å². The van der Waals surface area contributed by atoms with Crippen molar-refractivity contribution in [1.29, 1.82) is 0 Å². The molecule has 0 N–H and O–H groups in total. The van der Waals surface area contributed by atoms with Gasteiger partial charge in [0.05, 0.1) is 17.3 Å². The average Bonchev–Trinajstić information content (AvgIpc) is 3.28. The molecule has 1 amide bonds. The first-order valence-electron chi connectivity index (χ1n) is 10.3. The summed E-state index contributed by atoms with van der Waals surface area (Å²) in [7, 11) is 0. The minimum atomic E-state index is -0.0184. The molecule has 0 unspecified atom stereocenters. The summed E-state index contributed by atoms with van der Waals surface area (Å²) in [6.07, 6.45) is 3.32. The van der Waals surface area contributed by atoms with Crippen LogP contribution in [0.15, 0.2) is 67.1 Å². The van der Waals surface area contributed by atoms with E-state index in [2.05, 4.69) is 20.0 Å². The van der Waals surface area contributed by atoms with Crippen molar-refractivity contribution >= 4 is 34.4 Å². The third-order valence-corrected chi connectivity index (χ3v) is 5.67. The minimum absolute atomic E-state index is 0.0184. The largest absolute Gasteiger partial charge is 0.484 e. The van der Waals surface area contributed by atoms with E-state index >= 15 is 0 Å². The van der Waals surface area contributed by atoms with E-state index < -0.39 is 0 Å². The molecule has 0 saturated carbocycles. The van der Waals surface area contributed by atoms with Crippen molar-refractivity contribution < 1.29 is 9.53 Å². The van der Waals surface area contributed by atoms with Crippen molar-refractivity contribution in [2.45, 2.75) is 0 Å². The maximum Gasteiger partial charge on any atom is 0.260 e. The third kappa shape index (κ3) is 4.09. The highest BCUT2D eigenvalue weighted by atomic mass is 35.5. The molecule has 0 bridgehead atoms. The number of hydrogen-bond donors (Lipinski definition) is 0. The second-order valence-electron chi connectivity index (χ2n) is 7.44. The van der Waals surface area contributed by atoms with Crippen LogP contribution in [-0.2, 0) is 4.79 Å². The zero-order valence-electron chi connectivity index (χ0n) is 17.3. The minimum Gasteiger partial charge on any atom is -0.484 e. The van der Waals surface area contributed by atoms with Crippen LogP contribution in [0, 0.1) is 0 Å². The van der Waals surface area contributed by atoms with E-state index in [-0.39, 0.29) is 12.5 Å². The summed E-state index contributed by atoms with van der Waals surface area (Å²) in [6, 6.07) is 16.8. The Bertz CT molecular complexity index is 1240. The highest BCUT2D eigenvalue weighted by molar-refractivity contribution is 6.30. The summed E-state index contributed by atoms with van der Waals surface area (Å²) in [4.78, 5) is 25.5. The Morgan fingerprint density at radius 1 is 1.00 bits per heavy atom. The Kier molecular flexibility index (Phi) is 5.60. The number of nitrogens with zero attached hydrogens (tertiary/aromatic N) is 6. The van der Waals surface area contributed by atoms with Gasteiger partial charge in [-0.2, -0.15) is 5.10 Å². The zero-order valence-corrected chi connectivity index (χ0v) is 18.0. The molecule has 0 atom stereocenters. The van der Waals surface area contributed by atoms with E-state index in [1.54, 1.807) is 17.2 Å². The molecule has 0 spiro atoms. The molecule has 0 aliphatic carbocycles. The van der Waals surface area contributed by atoms with Gasteiger partial charge in [0.1, 0.15) is 17.9 Å². The number of ether oxygens (including phenoxy) is 1. The first kappa shape index (κ1) is 20.3. The molecular formula is C23H21ClN6O2. The summed E-state index contributed by atoms with van der Waals surface area (Å²) < 4.78 is 7.35. The Labute approximate surface area is 190 Å². The number of benzene rings is 2. The molecule has 2 aromatic carbocycles. The number of piperazine rings is 1. The second-order valence-corrected chi connectivity index (χ2v) is 7.88. The second kappa shape index (κ2) is 8.84. The van der Waals surface area contributed by atoms with Gasteiger partial charge in [-0.3, -0.25) is 4.79 Å². The number of anilines is 1. The molecule has 9 heteroatoms. The van der Waals surface area contributed by atoms with E-state index in [0.29, 0.717) is 42.6 Å². The van der Waals surface area contributed by atoms with E-state index in [9.17, 15) is 4.79 Å². The Morgan fingerprint density at radius 3 is 2.59 bits per heavy atom. The van der Waals surface area contributed by atoms with Gasteiger partial charge in [-0.15, -0.1) is 0 Å². The first-order valence-corrected chi connectivity index (χ1v) is 10.7. The fraction of sp³-hybridized carbons (Fsp3) is 0.217. The molecule has 1 saturated heterocycles. The predicted molar refractivity (Wildman–Crippen MR) is 122 cm³/mol. The highest BCUT2D eigenvalue weighted by Gasteiger charge is 2.24. The van der Waals surface area contributed by atoms with Crippen molar-refractivity contribution in [2.24, 2.45) is 0 Å². The smallest absolute Gasteiger partial charge is 0.260 e. The standard InChI is InChI=1S/C23H21ClN6O2/c24-17-5-4-6-18(13-17)30-23-20(14-27-30)22(25-16-26-23)29-11-9-28(10-12-29)21(31)15-32-19-7-2-1-3-8-19/h1-8,13-14,16H,9-12,15H2. The Hall–Kier alpha value is -3.65. The summed E-state index contributed by atoms with van der Waals surface area (Å²) >= 11 is 6.14. The van der Waals surface area contributed by atoms with Gasteiger partial charge in [-0.1, -0.05) is 35.9 Å². The molecule has 2 aromatic heterocycles. The number of amides is 1. The number of halogens is 1. The van der Waals surface area contributed by atoms with Gasteiger partial charge >= 0.3 is 0 Å². The highest BCUT2D eigenvalue weighted by Crippen LogP contribution is 2.26. The molecule has 1 aliphatic rings. The number of carbonyl (C=O) groups is 1. The van der Waals surface area contributed by atoms with E-state index in [4.69, 9.17) is 16.3 Å². The van der Waals surface area contributed by atoms with Crippen LogP contribution >= 0.6 is 11.6 Å². The fourth-order valence-electron chi connectivity index (χ4n) is 3.80. The van der Waals surface area contributed by atoms with Gasteiger partial charge in [-0.05, 0) is 30.3 Å². The van der Waals surface area contributed by atoms with Gasteiger partial charge < -0.3 is 14.5 Å². The van der Waals surface area contributed by atoms with Gasteiger partial charge in [-0.25, -0.2) is 14.6 Å². The first-order chi connectivity index (χ1) is 15.7. The van der Waals surface area contributed by atoms with Crippen LogP contribution in [0.25, 0.3) is 16.7 Å². The lowest BCUT2D eigenvalue weighted by atomic mass is 10.2. The number of para-hydroxylation sites is 1. The van der Waals surface area contributed by atoms with Gasteiger partial charge in [0.15, 0.2) is 12.3 Å². The van der Waals surface area contributed by atoms with E-state index in [1.165, 1.54) is 0 Å². The fourth-order valence-corrected chi connectivity index (χ4v) is 3.99. The number of aromatic nitrogens is 4. The number of hydrogen-bond acceptors (Lipinski definition) is 6. The van der Waals surface area contributed by atoms with Gasteiger partial charge in [0.25, 0.3) is 5.91 Å². The molecule has 5 rings (SSSR count). The lowest BCUT2D eigenvalue weighted by Gasteiger charge is -2.35.